The molecule has 0 bridgehead atoms. The maximum Gasteiger partial charge on any atom is 0.230 e. The number of methoxy groups -OCH3 is 1. The third-order valence-corrected chi connectivity index (χ3v) is 7.25. The zero-order valence-corrected chi connectivity index (χ0v) is 19.4. The second-order valence-electron chi connectivity index (χ2n) is 7.37. The van der Waals surface area contributed by atoms with Gasteiger partial charge in [0.25, 0.3) is 0 Å². The van der Waals surface area contributed by atoms with Gasteiger partial charge in [-0.25, -0.2) is 4.98 Å². The van der Waals surface area contributed by atoms with Crippen molar-refractivity contribution in [2.45, 2.75) is 10.8 Å². The zero-order valence-electron chi connectivity index (χ0n) is 17.8. The van der Waals surface area contributed by atoms with Crippen LogP contribution in [0.3, 0.4) is 0 Å². The molecule has 1 aliphatic rings. The van der Waals surface area contributed by atoms with E-state index in [2.05, 4.69) is 10.3 Å². The van der Waals surface area contributed by atoms with Crippen molar-refractivity contribution in [3.63, 3.8) is 0 Å². The molecule has 2 aromatic carbocycles. The predicted octanol–water partition coefficient (Wildman–Crippen LogP) is 3.39. The molecule has 0 saturated carbocycles. The van der Waals surface area contributed by atoms with Crippen molar-refractivity contribution >= 4 is 51.5 Å². The summed E-state index contributed by atoms with van der Waals surface area (Å²) < 4.78 is 5.79. The molecule has 10 heteroatoms. The van der Waals surface area contributed by atoms with E-state index in [1.165, 1.54) is 23.1 Å². The van der Waals surface area contributed by atoms with Crippen LogP contribution in [0.25, 0.3) is 11.3 Å². The van der Waals surface area contributed by atoms with Gasteiger partial charge in [-0.15, -0.1) is 0 Å². The molecule has 8 nitrogen and oxygen atoms in total. The van der Waals surface area contributed by atoms with Gasteiger partial charge in [0.05, 0.1) is 18.8 Å². The molecule has 0 spiro atoms. The number of anilines is 2. The second-order valence-corrected chi connectivity index (χ2v) is 9.59. The first-order valence-corrected chi connectivity index (χ1v) is 12.0. The molecule has 170 valence electrons. The number of carbonyl (C=O) groups is 3. The number of primary amides is 1. The molecule has 3 aromatic rings. The Morgan fingerprint density at radius 3 is 2.61 bits per heavy atom. The number of nitrogens with two attached hydrogens (primary N) is 1. The molecule has 1 aliphatic heterocycles. The number of aromatic nitrogens is 1. The van der Waals surface area contributed by atoms with E-state index in [0.717, 1.165) is 11.3 Å². The van der Waals surface area contributed by atoms with Gasteiger partial charge >= 0.3 is 0 Å². The van der Waals surface area contributed by atoms with Crippen LogP contribution < -0.4 is 20.7 Å². The van der Waals surface area contributed by atoms with Crippen LogP contribution in [0.15, 0.2) is 58.9 Å². The van der Waals surface area contributed by atoms with E-state index in [1.54, 1.807) is 36.3 Å². The highest BCUT2D eigenvalue weighted by Gasteiger charge is 2.35. The first-order chi connectivity index (χ1) is 15.9. The summed E-state index contributed by atoms with van der Waals surface area (Å²) in [5.74, 6) is -0.485. The Kier molecular flexibility index (Phi) is 6.95. The maximum atomic E-state index is 13.1. The van der Waals surface area contributed by atoms with Gasteiger partial charge in [0.15, 0.2) is 4.34 Å². The smallest absolute Gasteiger partial charge is 0.230 e. The van der Waals surface area contributed by atoms with Crippen molar-refractivity contribution in [1.82, 2.24) is 4.98 Å². The zero-order chi connectivity index (χ0) is 23.4. The lowest BCUT2D eigenvalue weighted by Crippen LogP contribution is -2.28. The quantitative estimate of drug-likeness (QED) is 0.476. The Balaban J connectivity index is 1.51. The molecule has 33 heavy (non-hydrogen) atoms. The Labute approximate surface area is 199 Å². The summed E-state index contributed by atoms with van der Waals surface area (Å²) in [4.78, 5) is 43.1. The van der Waals surface area contributed by atoms with Crippen LogP contribution in [0.2, 0.25) is 0 Å². The van der Waals surface area contributed by atoms with E-state index in [4.69, 9.17) is 10.5 Å². The molecule has 0 aliphatic carbocycles. The number of hydrogen-bond acceptors (Lipinski definition) is 7. The molecular weight excluding hydrogens is 460 g/mol. The molecule has 3 N–H and O–H groups in total. The average Bonchev–Trinajstić information content (AvgIpc) is 3.41. The summed E-state index contributed by atoms with van der Waals surface area (Å²) >= 11 is 2.51. The summed E-state index contributed by atoms with van der Waals surface area (Å²) in [7, 11) is 1.58. The number of hydrogen-bond donors (Lipinski definition) is 2. The summed E-state index contributed by atoms with van der Waals surface area (Å²) in [5.41, 5.74) is 7.45. The monoisotopic (exact) mass is 482 g/mol. The standard InChI is InChI=1S/C23H22N4O4S2/c1-31-17-9-7-16(8-10-17)27-12-15(11-19(27)29)21(30)26-22-20(14-5-3-2-4-6-14)25-23(33-22)32-13-18(24)28/h2-10,15H,11-13H2,1H3,(H2,24,28)(H,26,30). The summed E-state index contributed by atoms with van der Waals surface area (Å²) in [6.07, 6.45) is 0.126. The third-order valence-electron chi connectivity index (χ3n) is 5.11. The summed E-state index contributed by atoms with van der Waals surface area (Å²) in [6.45, 7) is 0.291. The van der Waals surface area contributed by atoms with Crippen molar-refractivity contribution in [2.75, 3.05) is 29.6 Å². The Morgan fingerprint density at radius 2 is 1.94 bits per heavy atom. The van der Waals surface area contributed by atoms with Crippen LogP contribution in [0.1, 0.15) is 6.42 Å². The first kappa shape index (κ1) is 22.8. The van der Waals surface area contributed by atoms with Gasteiger partial charge in [-0.1, -0.05) is 53.4 Å². The largest absolute Gasteiger partial charge is 0.497 e. The van der Waals surface area contributed by atoms with E-state index in [1.807, 2.05) is 30.3 Å². The minimum atomic E-state index is -0.493. The summed E-state index contributed by atoms with van der Waals surface area (Å²) in [6, 6.07) is 16.6. The number of nitrogens with one attached hydrogen (secondary N) is 1. The van der Waals surface area contributed by atoms with Crippen molar-refractivity contribution in [3.8, 4) is 17.0 Å². The van der Waals surface area contributed by atoms with E-state index in [0.29, 0.717) is 27.3 Å². The number of thioether (sulfide) groups is 1. The van der Waals surface area contributed by atoms with Crippen molar-refractivity contribution < 1.29 is 19.1 Å². The second kappa shape index (κ2) is 10.1. The van der Waals surface area contributed by atoms with Crippen LogP contribution >= 0.6 is 23.1 Å². The van der Waals surface area contributed by atoms with E-state index in [9.17, 15) is 14.4 Å². The molecule has 0 radical (unpaired) electrons. The fourth-order valence-electron chi connectivity index (χ4n) is 3.48. The number of benzene rings is 2. The fourth-order valence-corrected chi connectivity index (χ4v) is 5.29. The lowest BCUT2D eigenvalue weighted by molar-refractivity contribution is -0.122. The fraction of sp³-hybridized carbons (Fsp3) is 0.217. The van der Waals surface area contributed by atoms with Crippen LogP contribution in [-0.2, 0) is 14.4 Å². The van der Waals surface area contributed by atoms with Gasteiger partial charge in [0, 0.05) is 24.2 Å². The SMILES string of the molecule is COc1ccc(N2CC(C(=O)Nc3sc(SCC(N)=O)nc3-c3ccccc3)CC2=O)cc1. The van der Waals surface area contributed by atoms with Gasteiger partial charge in [0.2, 0.25) is 17.7 Å². The van der Waals surface area contributed by atoms with Crippen LogP contribution in [-0.4, -0.2) is 42.1 Å². The topological polar surface area (TPSA) is 115 Å². The number of nitrogens with zero attached hydrogens (tertiary/aromatic N) is 2. The van der Waals surface area contributed by atoms with E-state index in [-0.39, 0.29) is 24.0 Å². The molecular formula is C23H22N4O4S2. The van der Waals surface area contributed by atoms with Gasteiger partial charge in [-0.05, 0) is 24.3 Å². The molecule has 1 fully saturated rings. The summed E-state index contributed by atoms with van der Waals surface area (Å²) in [5, 5.41) is 3.54. The molecule has 1 atom stereocenters. The number of rotatable bonds is 8. The first-order valence-electron chi connectivity index (χ1n) is 10.2. The van der Waals surface area contributed by atoms with Crippen LogP contribution in [0.5, 0.6) is 5.75 Å². The molecule has 3 amide bonds. The van der Waals surface area contributed by atoms with Crippen molar-refractivity contribution in [3.05, 3.63) is 54.6 Å². The highest BCUT2D eigenvalue weighted by molar-refractivity contribution is 8.01. The Bertz CT molecular complexity index is 1160. The highest BCUT2D eigenvalue weighted by atomic mass is 32.2. The van der Waals surface area contributed by atoms with Gasteiger partial charge in [0.1, 0.15) is 16.4 Å². The normalized spacial score (nSPS) is 15.5. The molecule has 4 rings (SSSR count). The molecule has 1 aromatic heterocycles. The van der Waals surface area contributed by atoms with Crippen molar-refractivity contribution in [2.24, 2.45) is 11.7 Å². The minimum Gasteiger partial charge on any atom is -0.497 e. The molecule has 1 saturated heterocycles. The Morgan fingerprint density at radius 1 is 1.21 bits per heavy atom. The van der Waals surface area contributed by atoms with Crippen molar-refractivity contribution in [1.29, 1.82) is 0 Å². The van der Waals surface area contributed by atoms with Gasteiger partial charge in [-0.3, -0.25) is 14.4 Å². The van der Waals surface area contributed by atoms with Crippen LogP contribution in [0, 0.1) is 5.92 Å². The third kappa shape index (κ3) is 5.35. The number of amides is 3. The lowest BCUT2D eigenvalue weighted by atomic mass is 10.1. The maximum absolute atomic E-state index is 13.1. The number of carbonyl (C=O) groups excluding carboxylic acids is 3. The minimum absolute atomic E-state index is 0.100. The van der Waals surface area contributed by atoms with E-state index < -0.39 is 11.8 Å². The lowest BCUT2D eigenvalue weighted by Gasteiger charge is -2.17. The highest BCUT2D eigenvalue weighted by Crippen LogP contribution is 2.38. The van der Waals surface area contributed by atoms with E-state index >= 15 is 0 Å². The molecule has 2 heterocycles. The molecule has 1 unspecified atom stereocenters. The number of ether oxygens (including phenoxy) is 1. The predicted molar refractivity (Wildman–Crippen MR) is 130 cm³/mol. The number of thiazole rings is 1. The van der Waals surface area contributed by atoms with Crippen LogP contribution in [0.4, 0.5) is 10.7 Å². The van der Waals surface area contributed by atoms with Gasteiger partial charge in [-0.2, -0.15) is 0 Å². The average molecular weight is 483 g/mol. The Hall–Kier alpha value is -3.37. The van der Waals surface area contributed by atoms with Gasteiger partial charge < -0.3 is 20.7 Å².